The second kappa shape index (κ2) is 53.8. The van der Waals surface area contributed by atoms with Crippen LogP contribution in [0.15, 0.2) is 12.2 Å². The van der Waals surface area contributed by atoms with Crippen LogP contribution in [0.5, 0.6) is 0 Å². The van der Waals surface area contributed by atoms with E-state index in [0.717, 1.165) is 64.2 Å². The molecule has 0 radical (unpaired) electrons. The van der Waals surface area contributed by atoms with Crippen molar-refractivity contribution >= 4 is 17.9 Å². The van der Waals surface area contributed by atoms with Crippen LogP contribution in [0.25, 0.3) is 0 Å². The van der Waals surface area contributed by atoms with Crippen molar-refractivity contribution in [3.05, 3.63) is 12.2 Å². The molecule has 0 N–H and O–H groups in total. The molecule has 0 unspecified atom stereocenters. The molecular weight excluding hydrogens is 793 g/mol. The lowest BCUT2D eigenvalue weighted by molar-refractivity contribution is -0.167. The van der Waals surface area contributed by atoms with Crippen LogP contribution >= 0.6 is 0 Å². The molecule has 0 saturated carbocycles. The summed E-state index contributed by atoms with van der Waals surface area (Å²) in [5.41, 5.74) is 0. The molecule has 0 aromatic carbocycles. The molecule has 0 fully saturated rings. The van der Waals surface area contributed by atoms with Gasteiger partial charge >= 0.3 is 17.9 Å². The van der Waals surface area contributed by atoms with E-state index in [9.17, 15) is 14.4 Å². The second-order valence-corrected chi connectivity index (χ2v) is 19.6. The molecule has 0 bridgehead atoms. The summed E-state index contributed by atoms with van der Waals surface area (Å²) < 4.78 is 16.9. The van der Waals surface area contributed by atoms with Crippen molar-refractivity contribution in [3.63, 3.8) is 0 Å². The number of allylic oxidation sites excluding steroid dienone is 2. The molecule has 0 aromatic heterocycles. The second-order valence-electron chi connectivity index (χ2n) is 19.6. The summed E-state index contributed by atoms with van der Waals surface area (Å²) in [7, 11) is 0. The molecule has 0 saturated heterocycles. The van der Waals surface area contributed by atoms with Crippen molar-refractivity contribution < 1.29 is 28.6 Å². The average molecular weight is 904 g/mol. The fraction of sp³-hybridized carbons (Fsp3) is 0.914. The number of hydrogen-bond donors (Lipinski definition) is 0. The molecule has 0 aliphatic carbocycles. The first kappa shape index (κ1) is 62.1. The van der Waals surface area contributed by atoms with E-state index in [1.165, 1.54) is 218 Å². The van der Waals surface area contributed by atoms with Crippen molar-refractivity contribution in [1.82, 2.24) is 0 Å². The van der Waals surface area contributed by atoms with Gasteiger partial charge in [0.1, 0.15) is 13.2 Å². The summed E-state index contributed by atoms with van der Waals surface area (Å²) in [5, 5.41) is 0. The maximum Gasteiger partial charge on any atom is 0.306 e. The zero-order valence-corrected chi connectivity index (χ0v) is 43.3. The Bertz CT molecular complexity index is 993. The first-order valence-corrected chi connectivity index (χ1v) is 28.7. The quantitative estimate of drug-likeness (QED) is 0.0262. The van der Waals surface area contributed by atoms with Crippen LogP contribution in [0, 0.1) is 0 Å². The van der Waals surface area contributed by atoms with Gasteiger partial charge in [-0.25, -0.2) is 0 Å². The molecule has 6 nitrogen and oxygen atoms in total. The van der Waals surface area contributed by atoms with E-state index < -0.39 is 6.10 Å². The number of rotatable bonds is 53. The highest BCUT2D eigenvalue weighted by Crippen LogP contribution is 2.17. The summed E-state index contributed by atoms with van der Waals surface area (Å²) in [6.07, 6.45) is 60.6. The summed E-state index contributed by atoms with van der Waals surface area (Å²) in [5.74, 6) is -0.853. The number of ether oxygens (including phenoxy) is 3. The van der Waals surface area contributed by atoms with Gasteiger partial charge in [-0.05, 0) is 44.9 Å². The molecule has 0 heterocycles. The number of esters is 3. The topological polar surface area (TPSA) is 78.9 Å². The zero-order chi connectivity index (χ0) is 46.5. The van der Waals surface area contributed by atoms with Crippen LogP contribution in [-0.4, -0.2) is 37.2 Å². The van der Waals surface area contributed by atoms with Crippen LogP contribution in [0.3, 0.4) is 0 Å². The Kier molecular flexibility index (Phi) is 52.2. The number of carbonyl (C=O) groups is 3. The lowest BCUT2D eigenvalue weighted by Gasteiger charge is -2.18. The van der Waals surface area contributed by atoms with Gasteiger partial charge in [0.25, 0.3) is 0 Å². The third-order valence-electron chi connectivity index (χ3n) is 13.0. The van der Waals surface area contributed by atoms with E-state index in [4.69, 9.17) is 14.2 Å². The van der Waals surface area contributed by atoms with Gasteiger partial charge < -0.3 is 14.2 Å². The van der Waals surface area contributed by atoms with Crippen LogP contribution < -0.4 is 0 Å². The van der Waals surface area contributed by atoms with E-state index in [0.29, 0.717) is 19.3 Å². The Hall–Kier alpha value is -1.85. The minimum Gasteiger partial charge on any atom is -0.462 e. The SMILES string of the molecule is CCCCCCCCC/C=C\CCCCCCCC(=O)O[C@H](COC(=O)CCCCCCCCCCCCCC)COC(=O)CCCCCCCCCCCCCCCCCCCC. The lowest BCUT2D eigenvalue weighted by atomic mass is 10.0. The number of carbonyl (C=O) groups excluding carboxylic acids is 3. The van der Waals surface area contributed by atoms with E-state index >= 15 is 0 Å². The van der Waals surface area contributed by atoms with Gasteiger partial charge in [-0.15, -0.1) is 0 Å². The van der Waals surface area contributed by atoms with E-state index in [1.807, 2.05) is 0 Å². The van der Waals surface area contributed by atoms with Crippen LogP contribution in [0.4, 0.5) is 0 Å². The van der Waals surface area contributed by atoms with Crippen molar-refractivity contribution in [1.29, 1.82) is 0 Å². The van der Waals surface area contributed by atoms with Gasteiger partial charge in [0.2, 0.25) is 0 Å². The highest BCUT2D eigenvalue weighted by atomic mass is 16.6. The molecule has 0 aliphatic heterocycles. The monoisotopic (exact) mass is 903 g/mol. The maximum atomic E-state index is 12.8. The summed E-state index contributed by atoms with van der Waals surface area (Å²) in [6, 6.07) is 0. The van der Waals surface area contributed by atoms with E-state index in [-0.39, 0.29) is 31.1 Å². The molecule has 0 spiro atoms. The first-order valence-electron chi connectivity index (χ1n) is 28.7. The summed E-state index contributed by atoms with van der Waals surface area (Å²) >= 11 is 0. The van der Waals surface area contributed by atoms with Crippen molar-refractivity contribution in [2.45, 2.75) is 329 Å². The van der Waals surface area contributed by atoms with Gasteiger partial charge in [-0.3, -0.25) is 14.4 Å². The molecule has 6 heteroatoms. The fourth-order valence-corrected chi connectivity index (χ4v) is 8.68. The molecule has 0 rings (SSSR count). The van der Waals surface area contributed by atoms with Gasteiger partial charge in [-0.1, -0.05) is 270 Å². The molecule has 64 heavy (non-hydrogen) atoms. The van der Waals surface area contributed by atoms with E-state index in [1.54, 1.807) is 0 Å². The number of unbranched alkanes of at least 4 members (excludes halogenated alkanes) is 40. The molecule has 0 amide bonds. The van der Waals surface area contributed by atoms with E-state index in [2.05, 4.69) is 32.9 Å². The highest BCUT2D eigenvalue weighted by Gasteiger charge is 2.19. The van der Waals surface area contributed by atoms with Crippen LogP contribution in [0.1, 0.15) is 323 Å². The normalized spacial score (nSPS) is 12.0. The lowest BCUT2D eigenvalue weighted by Crippen LogP contribution is -2.30. The zero-order valence-electron chi connectivity index (χ0n) is 43.3. The average Bonchev–Trinajstić information content (AvgIpc) is 3.29. The Morgan fingerprint density at radius 3 is 0.781 bits per heavy atom. The number of hydrogen-bond acceptors (Lipinski definition) is 6. The van der Waals surface area contributed by atoms with Crippen molar-refractivity contribution in [3.8, 4) is 0 Å². The summed E-state index contributed by atoms with van der Waals surface area (Å²) in [4.78, 5) is 38.1. The van der Waals surface area contributed by atoms with Gasteiger partial charge in [0.15, 0.2) is 6.10 Å². The maximum absolute atomic E-state index is 12.8. The van der Waals surface area contributed by atoms with Crippen molar-refractivity contribution in [2.24, 2.45) is 0 Å². The van der Waals surface area contributed by atoms with Crippen molar-refractivity contribution in [2.75, 3.05) is 13.2 Å². The Balaban J connectivity index is 4.30. The molecule has 1 atom stereocenters. The molecule has 0 aliphatic rings. The van der Waals surface area contributed by atoms with Crippen LogP contribution in [0.2, 0.25) is 0 Å². The third-order valence-corrected chi connectivity index (χ3v) is 13.0. The Morgan fingerprint density at radius 2 is 0.516 bits per heavy atom. The Morgan fingerprint density at radius 1 is 0.297 bits per heavy atom. The molecule has 378 valence electrons. The molecule has 0 aromatic rings. The third kappa shape index (κ3) is 51.1. The smallest absolute Gasteiger partial charge is 0.306 e. The molecular formula is C58H110O6. The first-order chi connectivity index (χ1) is 31.5. The predicted molar refractivity (Wildman–Crippen MR) is 275 cm³/mol. The van der Waals surface area contributed by atoms with Crippen LogP contribution in [-0.2, 0) is 28.6 Å². The Labute approximate surface area is 399 Å². The highest BCUT2D eigenvalue weighted by molar-refractivity contribution is 5.71. The predicted octanol–water partition coefficient (Wildman–Crippen LogP) is 18.9. The van der Waals surface area contributed by atoms with Gasteiger partial charge in [0.05, 0.1) is 0 Å². The van der Waals surface area contributed by atoms with Gasteiger partial charge in [-0.2, -0.15) is 0 Å². The largest absolute Gasteiger partial charge is 0.462 e. The minimum atomic E-state index is -0.768. The van der Waals surface area contributed by atoms with Gasteiger partial charge in [0, 0.05) is 19.3 Å². The fourth-order valence-electron chi connectivity index (χ4n) is 8.68. The standard InChI is InChI=1S/C58H110O6/c1-4-7-10-13-16-19-22-25-27-29-30-32-33-36-39-42-45-48-51-57(60)63-54-55(53-62-56(59)50-47-44-41-38-35-24-21-18-15-12-9-6-3)64-58(61)52-49-46-43-40-37-34-31-28-26-23-20-17-14-11-8-5-2/h28,31,55H,4-27,29-30,32-54H2,1-3H3/b31-28-/t55-/m1/s1. The minimum absolute atomic E-state index is 0.0675. The summed E-state index contributed by atoms with van der Waals surface area (Å²) in [6.45, 7) is 6.68.